The lowest BCUT2D eigenvalue weighted by Crippen LogP contribution is -2.31. The van der Waals surface area contributed by atoms with Crippen LogP contribution in [0.5, 0.6) is 5.75 Å². The smallest absolute Gasteiger partial charge is 0.266 e. The van der Waals surface area contributed by atoms with Crippen molar-refractivity contribution in [3.63, 3.8) is 0 Å². The quantitative estimate of drug-likeness (QED) is 0.437. The molecule has 0 bridgehead atoms. The van der Waals surface area contributed by atoms with Gasteiger partial charge in [-0.25, -0.2) is 0 Å². The zero-order chi connectivity index (χ0) is 22.2. The Morgan fingerprint density at radius 3 is 2.61 bits per heavy atom. The second-order valence-corrected chi connectivity index (χ2v) is 8.54. The number of benzene rings is 2. The molecule has 0 aromatic heterocycles. The maximum Gasteiger partial charge on any atom is 0.266 e. The monoisotopic (exact) mass is 452 g/mol. The van der Waals surface area contributed by atoms with Gasteiger partial charge in [-0.05, 0) is 43.2 Å². The standard InChI is InChI=1S/C24H24N2O3S2/c1-3-29-20-12-8-7-11-19(20)25-22(27)13-14-26-23(28)21(31-24(26)30)16-17(2)15-18-9-5-4-6-10-18/h4-12,15-16H,3,13-14H2,1-2H3,(H,25,27)/b17-15+,21-16-. The molecule has 7 heteroatoms. The van der Waals surface area contributed by atoms with Gasteiger partial charge in [0.1, 0.15) is 10.1 Å². The van der Waals surface area contributed by atoms with Gasteiger partial charge in [0, 0.05) is 13.0 Å². The van der Waals surface area contributed by atoms with E-state index in [1.165, 1.54) is 16.7 Å². The highest BCUT2D eigenvalue weighted by atomic mass is 32.2. The topological polar surface area (TPSA) is 58.6 Å². The Morgan fingerprint density at radius 2 is 1.87 bits per heavy atom. The maximum atomic E-state index is 12.8. The van der Waals surface area contributed by atoms with E-state index in [0.717, 1.165) is 11.1 Å². The third-order valence-electron chi connectivity index (χ3n) is 4.45. The normalized spacial score (nSPS) is 15.5. The van der Waals surface area contributed by atoms with Crippen molar-refractivity contribution in [1.82, 2.24) is 4.90 Å². The van der Waals surface area contributed by atoms with Crippen molar-refractivity contribution in [2.45, 2.75) is 20.3 Å². The lowest BCUT2D eigenvalue weighted by molar-refractivity contribution is -0.122. The first-order valence-electron chi connectivity index (χ1n) is 9.98. The number of hydrogen-bond acceptors (Lipinski definition) is 5. The molecule has 1 aliphatic heterocycles. The van der Waals surface area contributed by atoms with Gasteiger partial charge in [-0.1, -0.05) is 72.5 Å². The molecule has 0 atom stereocenters. The van der Waals surface area contributed by atoms with Gasteiger partial charge in [-0.15, -0.1) is 0 Å². The second-order valence-electron chi connectivity index (χ2n) is 6.86. The van der Waals surface area contributed by atoms with E-state index in [1.54, 1.807) is 12.1 Å². The van der Waals surface area contributed by atoms with Gasteiger partial charge in [0.25, 0.3) is 5.91 Å². The molecule has 1 N–H and O–H groups in total. The van der Waals surface area contributed by atoms with Gasteiger partial charge >= 0.3 is 0 Å². The summed E-state index contributed by atoms with van der Waals surface area (Å²) in [5, 5.41) is 2.84. The molecule has 5 nitrogen and oxygen atoms in total. The lowest BCUT2D eigenvalue weighted by Gasteiger charge is -2.15. The highest BCUT2D eigenvalue weighted by molar-refractivity contribution is 8.26. The highest BCUT2D eigenvalue weighted by Crippen LogP contribution is 2.32. The fourth-order valence-electron chi connectivity index (χ4n) is 3.03. The van der Waals surface area contributed by atoms with Gasteiger partial charge in [0.2, 0.25) is 5.91 Å². The number of nitrogens with zero attached hydrogens (tertiary/aromatic N) is 1. The Bertz CT molecular complexity index is 1030. The Morgan fingerprint density at radius 1 is 1.16 bits per heavy atom. The van der Waals surface area contributed by atoms with E-state index in [4.69, 9.17) is 17.0 Å². The number of anilines is 1. The molecule has 31 heavy (non-hydrogen) atoms. The van der Waals surface area contributed by atoms with Crippen LogP contribution in [0.1, 0.15) is 25.8 Å². The molecule has 0 saturated carbocycles. The summed E-state index contributed by atoms with van der Waals surface area (Å²) in [6.07, 6.45) is 3.99. The Hall–Kier alpha value is -2.90. The second kappa shape index (κ2) is 10.9. The van der Waals surface area contributed by atoms with Gasteiger partial charge in [0.05, 0.1) is 17.2 Å². The molecule has 3 rings (SSSR count). The van der Waals surface area contributed by atoms with E-state index in [2.05, 4.69) is 5.32 Å². The molecule has 1 aliphatic rings. The zero-order valence-corrected chi connectivity index (χ0v) is 19.1. The summed E-state index contributed by atoms with van der Waals surface area (Å²) in [4.78, 5) is 27.3. The van der Waals surface area contributed by atoms with Crippen LogP contribution in [0, 0.1) is 0 Å². The van der Waals surface area contributed by atoms with Crippen LogP contribution >= 0.6 is 24.0 Å². The van der Waals surface area contributed by atoms with Gasteiger partial charge < -0.3 is 10.1 Å². The Balaban J connectivity index is 1.60. The van der Waals surface area contributed by atoms with Crippen LogP contribution in [0.2, 0.25) is 0 Å². The summed E-state index contributed by atoms with van der Waals surface area (Å²) >= 11 is 6.63. The van der Waals surface area contributed by atoms with Gasteiger partial charge in [0.15, 0.2) is 0 Å². The third-order valence-corrected chi connectivity index (χ3v) is 5.83. The fourth-order valence-corrected chi connectivity index (χ4v) is 4.39. The van der Waals surface area contributed by atoms with Crippen LogP contribution in [0.4, 0.5) is 5.69 Å². The molecule has 0 unspecified atom stereocenters. The minimum Gasteiger partial charge on any atom is -0.492 e. The molecule has 2 aromatic rings. The van der Waals surface area contributed by atoms with Crippen molar-refractivity contribution in [1.29, 1.82) is 0 Å². The van der Waals surface area contributed by atoms with Crippen LogP contribution < -0.4 is 10.1 Å². The summed E-state index contributed by atoms with van der Waals surface area (Å²) in [6, 6.07) is 17.2. The fraction of sp³-hybridized carbons (Fsp3) is 0.208. The predicted octanol–water partition coefficient (Wildman–Crippen LogP) is 5.26. The molecule has 0 radical (unpaired) electrons. The highest BCUT2D eigenvalue weighted by Gasteiger charge is 2.32. The summed E-state index contributed by atoms with van der Waals surface area (Å²) in [5.41, 5.74) is 2.63. The van der Waals surface area contributed by atoms with Crippen LogP contribution in [-0.4, -0.2) is 34.2 Å². The Labute approximate surface area is 192 Å². The number of thioether (sulfide) groups is 1. The summed E-state index contributed by atoms with van der Waals surface area (Å²) in [5.74, 6) is 0.247. The SMILES string of the molecule is CCOc1ccccc1NC(=O)CCN1C(=O)/C(=C/C(C)=C/c2ccccc2)SC1=S. The molecule has 0 spiro atoms. The van der Waals surface area contributed by atoms with Crippen molar-refractivity contribution in [2.75, 3.05) is 18.5 Å². The van der Waals surface area contributed by atoms with Crippen molar-refractivity contribution in [3.05, 3.63) is 76.7 Å². The van der Waals surface area contributed by atoms with Gasteiger partial charge in [-0.2, -0.15) is 0 Å². The largest absolute Gasteiger partial charge is 0.492 e. The minimum absolute atomic E-state index is 0.138. The molecule has 1 saturated heterocycles. The zero-order valence-electron chi connectivity index (χ0n) is 17.5. The summed E-state index contributed by atoms with van der Waals surface area (Å²) in [6.45, 7) is 4.57. The summed E-state index contributed by atoms with van der Waals surface area (Å²) in [7, 11) is 0. The molecule has 160 valence electrons. The van der Waals surface area contributed by atoms with Crippen molar-refractivity contribution in [2.24, 2.45) is 0 Å². The predicted molar refractivity (Wildman–Crippen MR) is 131 cm³/mol. The average molecular weight is 453 g/mol. The number of carbonyl (C=O) groups excluding carboxylic acids is 2. The number of ether oxygens (including phenoxy) is 1. The number of hydrogen-bond donors (Lipinski definition) is 1. The van der Waals surface area contributed by atoms with E-state index >= 15 is 0 Å². The molecule has 2 amide bonds. The average Bonchev–Trinajstić information content (AvgIpc) is 3.01. The maximum absolute atomic E-state index is 12.8. The van der Waals surface area contributed by atoms with Crippen molar-refractivity contribution < 1.29 is 14.3 Å². The minimum atomic E-state index is -0.203. The number of thiocarbonyl (C=S) groups is 1. The number of allylic oxidation sites excluding steroid dienone is 2. The summed E-state index contributed by atoms with van der Waals surface area (Å²) < 4.78 is 5.99. The first-order valence-corrected chi connectivity index (χ1v) is 11.2. The number of rotatable bonds is 8. The number of carbonyl (C=O) groups is 2. The van der Waals surface area contributed by atoms with Crippen LogP contribution in [0.3, 0.4) is 0 Å². The first-order chi connectivity index (χ1) is 15.0. The van der Waals surface area contributed by atoms with Crippen LogP contribution in [0.25, 0.3) is 6.08 Å². The number of nitrogens with one attached hydrogen (secondary N) is 1. The van der Waals surface area contributed by atoms with Crippen LogP contribution in [0.15, 0.2) is 71.2 Å². The molecule has 0 aliphatic carbocycles. The van der Waals surface area contributed by atoms with E-state index in [1.807, 2.05) is 68.5 Å². The number of amides is 2. The van der Waals surface area contributed by atoms with E-state index in [0.29, 0.717) is 27.3 Å². The molecule has 1 fully saturated rings. The van der Waals surface area contributed by atoms with Crippen molar-refractivity contribution >= 4 is 51.9 Å². The van der Waals surface area contributed by atoms with E-state index in [-0.39, 0.29) is 24.8 Å². The third kappa shape index (κ3) is 6.29. The molecular formula is C24H24N2O3S2. The molecule has 2 aromatic carbocycles. The first kappa shape index (κ1) is 22.8. The van der Waals surface area contributed by atoms with Gasteiger partial charge in [-0.3, -0.25) is 14.5 Å². The van der Waals surface area contributed by atoms with Crippen LogP contribution in [-0.2, 0) is 9.59 Å². The Kier molecular flexibility index (Phi) is 8.03. The van der Waals surface area contributed by atoms with E-state index < -0.39 is 0 Å². The van der Waals surface area contributed by atoms with E-state index in [9.17, 15) is 9.59 Å². The lowest BCUT2D eigenvalue weighted by atomic mass is 10.1. The molecular weight excluding hydrogens is 428 g/mol. The molecule has 1 heterocycles. The van der Waals surface area contributed by atoms with Crippen molar-refractivity contribution in [3.8, 4) is 5.75 Å². The number of para-hydroxylation sites is 2.